The number of ether oxygens (including phenoxy) is 1. The van der Waals surface area contributed by atoms with Crippen LogP contribution < -0.4 is 0 Å². The highest BCUT2D eigenvalue weighted by Crippen LogP contribution is 2.26. The Kier molecular flexibility index (Phi) is 6.98. The topological polar surface area (TPSA) is 67.7 Å². The molecule has 3 heterocycles. The summed E-state index contributed by atoms with van der Waals surface area (Å²) in [6.45, 7) is 5.65. The fourth-order valence-electron chi connectivity index (χ4n) is 3.83. The highest BCUT2D eigenvalue weighted by Gasteiger charge is 2.21. The lowest BCUT2D eigenvalue weighted by Gasteiger charge is -2.31. The highest BCUT2D eigenvalue weighted by molar-refractivity contribution is 7.12. The first-order valence-corrected chi connectivity index (χ1v) is 11.7. The minimum absolute atomic E-state index is 0.0846. The first-order chi connectivity index (χ1) is 15.4. The molecule has 32 heavy (non-hydrogen) atoms. The smallest absolute Gasteiger partial charge is 0.321 e. The normalized spacial score (nSPS) is 15.3. The molecule has 0 N–H and O–H groups in total. The summed E-state index contributed by atoms with van der Waals surface area (Å²) in [5.41, 5.74) is 1.83. The van der Waals surface area contributed by atoms with E-state index in [1.807, 2.05) is 5.38 Å². The Labute approximate surface area is 190 Å². The Bertz CT molecular complexity index is 1120. The van der Waals surface area contributed by atoms with E-state index in [4.69, 9.17) is 4.74 Å². The predicted molar refractivity (Wildman–Crippen MR) is 121 cm³/mol. The SMILES string of the molecule is CCCc1csc(C(=O)c2cn(COC(=O)CN3CCN(C)CC3)c3cc(F)ccc23)n1. The van der Waals surface area contributed by atoms with E-state index < -0.39 is 5.82 Å². The molecule has 0 bridgehead atoms. The summed E-state index contributed by atoms with van der Waals surface area (Å²) in [5, 5.41) is 2.91. The number of likely N-dealkylation sites (N-methyl/N-ethyl adjacent to an activating group) is 1. The van der Waals surface area contributed by atoms with Gasteiger partial charge in [0.15, 0.2) is 11.7 Å². The number of thiazole rings is 1. The molecule has 0 saturated carbocycles. The van der Waals surface area contributed by atoms with Crippen molar-refractivity contribution in [3.63, 3.8) is 0 Å². The summed E-state index contributed by atoms with van der Waals surface area (Å²) in [4.78, 5) is 34.2. The van der Waals surface area contributed by atoms with Crippen molar-refractivity contribution in [2.75, 3.05) is 39.8 Å². The number of aryl methyl sites for hydroxylation is 1. The zero-order valence-corrected chi connectivity index (χ0v) is 19.2. The number of carbonyl (C=O) groups is 2. The molecule has 4 rings (SSSR count). The van der Waals surface area contributed by atoms with E-state index in [1.54, 1.807) is 16.8 Å². The number of benzene rings is 1. The molecular weight excluding hydrogens is 431 g/mol. The van der Waals surface area contributed by atoms with Crippen LogP contribution in [0.15, 0.2) is 29.8 Å². The number of fused-ring (bicyclic) bond motifs is 1. The molecule has 9 heteroatoms. The molecule has 3 aromatic rings. The average Bonchev–Trinajstić information content (AvgIpc) is 3.38. The van der Waals surface area contributed by atoms with Crippen LogP contribution in [0.25, 0.3) is 10.9 Å². The molecule has 0 unspecified atom stereocenters. The summed E-state index contributed by atoms with van der Waals surface area (Å²) in [6, 6.07) is 4.26. The summed E-state index contributed by atoms with van der Waals surface area (Å²) in [6.07, 6.45) is 3.39. The number of rotatable bonds is 8. The van der Waals surface area contributed by atoms with Crippen LogP contribution in [0.5, 0.6) is 0 Å². The van der Waals surface area contributed by atoms with Crippen LogP contribution in [-0.4, -0.2) is 70.9 Å². The molecule has 0 aliphatic carbocycles. The fourth-order valence-corrected chi connectivity index (χ4v) is 4.63. The second-order valence-electron chi connectivity index (χ2n) is 8.12. The molecule has 2 aromatic heterocycles. The van der Waals surface area contributed by atoms with E-state index >= 15 is 0 Å². The Hall–Kier alpha value is -2.62. The van der Waals surface area contributed by atoms with Gasteiger partial charge in [-0.05, 0) is 31.7 Å². The molecule has 1 aliphatic heterocycles. The predicted octanol–water partition coefficient (Wildman–Crippen LogP) is 3.17. The summed E-state index contributed by atoms with van der Waals surface area (Å²) in [5.74, 6) is -0.972. The van der Waals surface area contributed by atoms with Gasteiger partial charge in [-0.1, -0.05) is 13.3 Å². The van der Waals surface area contributed by atoms with Crippen LogP contribution in [0.2, 0.25) is 0 Å². The second kappa shape index (κ2) is 9.89. The van der Waals surface area contributed by atoms with E-state index in [-0.39, 0.29) is 25.0 Å². The lowest BCUT2D eigenvalue weighted by atomic mass is 10.1. The third kappa shape index (κ3) is 5.06. The van der Waals surface area contributed by atoms with Crippen molar-refractivity contribution in [1.82, 2.24) is 19.4 Å². The summed E-state index contributed by atoms with van der Waals surface area (Å²) in [7, 11) is 2.06. The maximum atomic E-state index is 14.0. The van der Waals surface area contributed by atoms with Crippen LogP contribution in [0, 0.1) is 5.82 Å². The number of piperazine rings is 1. The van der Waals surface area contributed by atoms with Crippen molar-refractivity contribution >= 4 is 34.0 Å². The average molecular weight is 459 g/mol. The molecule has 0 radical (unpaired) electrons. The summed E-state index contributed by atoms with van der Waals surface area (Å²) >= 11 is 1.31. The monoisotopic (exact) mass is 458 g/mol. The van der Waals surface area contributed by atoms with Crippen molar-refractivity contribution in [3.8, 4) is 0 Å². The maximum absolute atomic E-state index is 14.0. The van der Waals surface area contributed by atoms with Crippen molar-refractivity contribution in [3.05, 3.63) is 51.9 Å². The van der Waals surface area contributed by atoms with Crippen LogP contribution in [0.3, 0.4) is 0 Å². The van der Waals surface area contributed by atoms with Crippen LogP contribution in [-0.2, 0) is 22.7 Å². The molecule has 1 fully saturated rings. The van der Waals surface area contributed by atoms with Gasteiger partial charge in [0.25, 0.3) is 0 Å². The lowest BCUT2D eigenvalue weighted by Crippen LogP contribution is -2.46. The van der Waals surface area contributed by atoms with E-state index in [0.717, 1.165) is 44.7 Å². The number of hydrogen-bond donors (Lipinski definition) is 0. The van der Waals surface area contributed by atoms with Crippen molar-refractivity contribution in [1.29, 1.82) is 0 Å². The Balaban J connectivity index is 1.51. The maximum Gasteiger partial charge on any atom is 0.321 e. The van der Waals surface area contributed by atoms with Crippen LogP contribution >= 0.6 is 11.3 Å². The molecule has 1 saturated heterocycles. The van der Waals surface area contributed by atoms with Crippen LogP contribution in [0.4, 0.5) is 4.39 Å². The second-order valence-corrected chi connectivity index (χ2v) is 8.98. The molecule has 0 amide bonds. The minimum Gasteiger partial charge on any atom is -0.443 e. The van der Waals surface area contributed by atoms with E-state index in [2.05, 4.69) is 28.8 Å². The molecule has 0 spiro atoms. The minimum atomic E-state index is -0.418. The quantitative estimate of drug-likeness (QED) is 0.382. The third-order valence-corrected chi connectivity index (χ3v) is 6.54. The van der Waals surface area contributed by atoms with Gasteiger partial charge < -0.3 is 14.2 Å². The zero-order valence-electron chi connectivity index (χ0n) is 18.3. The van der Waals surface area contributed by atoms with Crippen molar-refractivity contribution in [2.24, 2.45) is 0 Å². The molecular formula is C23H27FN4O3S. The standard InChI is InChI=1S/C23H27FN4O3S/c1-3-4-17-14-32-23(25-17)22(30)19-12-28(20-11-16(24)5-6-18(19)20)15-31-21(29)13-27-9-7-26(2)8-10-27/h5-6,11-12,14H,3-4,7-10,13,15H2,1-2H3. The Morgan fingerprint density at radius 3 is 2.75 bits per heavy atom. The molecule has 1 aromatic carbocycles. The van der Waals surface area contributed by atoms with Gasteiger partial charge in [-0.2, -0.15) is 0 Å². The lowest BCUT2D eigenvalue weighted by molar-refractivity contribution is -0.149. The van der Waals surface area contributed by atoms with Gasteiger partial charge in [0.05, 0.1) is 23.3 Å². The van der Waals surface area contributed by atoms with Gasteiger partial charge in [0, 0.05) is 43.1 Å². The molecule has 170 valence electrons. The number of ketones is 1. The Morgan fingerprint density at radius 2 is 2.00 bits per heavy atom. The van der Waals surface area contributed by atoms with Gasteiger partial charge >= 0.3 is 5.97 Å². The first-order valence-electron chi connectivity index (χ1n) is 10.8. The number of nitrogens with zero attached hydrogens (tertiary/aromatic N) is 4. The van der Waals surface area contributed by atoms with E-state index in [9.17, 15) is 14.0 Å². The molecule has 1 aliphatic rings. The van der Waals surface area contributed by atoms with Crippen LogP contribution in [0.1, 0.15) is 34.4 Å². The molecule has 7 nitrogen and oxygen atoms in total. The number of hydrogen-bond acceptors (Lipinski definition) is 7. The Morgan fingerprint density at radius 1 is 1.22 bits per heavy atom. The van der Waals surface area contributed by atoms with Gasteiger partial charge in [-0.25, -0.2) is 9.37 Å². The largest absolute Gasteiger partial charge is 0.443 e. The van der Waals surface area contributed by atoms with Gasteiger partial charge in [-0.3, -0.25) is 14.5 Å². The van der Waals surface area contributed by atoms with Gasteiger partial charge in [0.2, 0.25) is 5.78 Å². The third-order valence-electron chi connectivity index (χ3n) is 5.65. The number of carbonyl (C=O) groups excluding carboxylic acids is 2. The van der Waals surface area contributed by atoms with Crippen molar-refractivity contribution in [2.45, 2.75) is 26.5 Å². The fraction of sp³-hybridized carbons (Fsp3) is 0.435. The number of esters is 1. The van der Waals surface area contributed by atoms with Gasteiger partial charge in [-0.15, -0.1) is 11.3 Å². The number of aromatic nitrogens is 2. The van der Waals surface area contributed by atoms with E-state index in [0.29, 0.717) is 21.5 Å². The zero-order chi connectivity index (χ0) is 22.7. The first kappa shape index (κ1) is 22.6. The highest BCUT2D eigenvalue weighted by atomic mass is 32.1. The molecule has 0 atom stereocenters. The van der Waals surface area contributed by atoms with Crippen molar-refractivity contribution < 1.29 is 18.7 Å². The number of halogens is 1. The summed E-state index contributed by atoms with van der Waals surface area (Å²) < 4.78 is 21.0. The van der Waals surface area contributed by atoms with E-state index in [1.165, 1.54) is 23.5 Å². The van der Waals surface area contributed by atoms with Gasteiger partial charge in [0.1, 0.15) is 5.82 Å².